The van der Waals surface area contributed by atoms with Gasteiger partial charge < -0.3 is 19.4 Å². The molecule has 2 rings (SSSR count). The first-order chi connectivity index (χ1) is 9.99. The number of ether oxygens (including phenoxy) is 2. The van der Waals surface area contributed by atoms with Crippen LogP contribution in [0.3, 0.4) is 0 Å². The van der Waals surface area contributed by atoms with Gasteiger partial charge in [0, 0.05) is 25.1 Å². The minimum Gasteiger partial charge on any atom is -0.469 e. The molecule has 0 radical (unpaired) electrons. The molecule has 1 fully saturated rings. The summed E-state index contributed by atoms with van der Waals surface area (Å²) in [5.74, 6) is 1.13. The van der Waals surface area contributed by atoms with Crippen molar-refractivity contribution in [3.8, 4) is 0 Å². The van der Waals surface area contributed by atoms with Crippen molar-refractivity contribution < 1.29 is 14.3 Å². The second-order valence-electron chi connectivity index (χ2n) is 5.36. The molecule has 7 heteroatoms. The molecule has 1 N–H and O–H groups in total. The number of hydrogen-bond donors (Lipinski definition) is 1. The predicted octanol–water partition coefficient (Wildman–Crippen LogP) is 0.662. The molecule has 0 spiro atoms. The van der Waals surface area contributed by atoms with Crippen molar-refractivity contribution in [1.82, 2.24) is 9.97 Å². The van der Waals surface area contributed by atoms with Crippen LogP contribution in [0.5, 0.6) is 0 Å². The number of hydrogen-bond acceptors (Lipinski definition) is 6. The largest absolute Gasteiger partial charge is 0.469 e. The van der Waals surface area contributed by atoms with Crippen LogP contribution < -0.4 is 10.5 Å². The van der Waals surface area contributed by atoms with Gasteiger partial charge in [-0.3, -0.25) is 9.59 Å². The third kappa shape index (κ3) is 4.04. The Morgan fingerprint density at radius 2 is 2.38 bits per heavy atom. The summed E-state index contributed by atoms with van der Waals surface area (Å²) < 4.78 is 10.2. The van der Waals surface area contributed by atoms with E-state index in [0.717, 1.165) is 0 Å². The van der Waals surface area contributed by atoms with E-state index < -0.39 is 0 Å². The number of carbonyl (C=O) groups excluding carboxylic acids is 1. The fourth-order valence-electron chi connectivity index (χ4n) is 2.22. The molecular formula is C14H21N3O4. The summed E-state index contributed by atoms with van der Waals surface area (Å²) in [5.41, 5.74) is -0.167. The lowest BCUT2D eigenvalue weighted by atomic mass is 10.2. The summed E-state index contributed by atoms with van der Waals surface area (Å²) in [7, 11) is 1.36. The smallest absolute Gasteiger partial charge is 0.308 e. The van der Waals surface area contributed by atoms with Gasteiger partial charge in [-0.2, -0.15) is 0 Å². The number of anilines is 1. The van der Waals surface area contributed by atoms with E-state index in [-0.39, 0.29) is 30.0 Å². The monoisotopic (exact) mass is 295 g/mol. The molecule has 7 nitrogen and oxygen atoms in total. The maximum atomic E-state index is 11.7. The average Bonchev–Trinajstić information content (AvgIpc) is 2.46. The van der Waals surface area contributed by atoms with Gasteiger partial charge in [0.15, 0.2) is 0 Å². The van der Waals surface area contributed by atoms with E-state index in [1.807, 2.05) is 18.7 Å². The van der Waals surface area contributed by atoms with Gasteiger partial charge in [0.2, 0.25) is 0 Å². The maximum absolute atomic E-state index is 11.7. The lowest BCUT2D eigenvalue weighted by Gasteiger charge is -2.33. The molecule has 1 aliphatic heterocycles. The highest BCUT2D eigenvalue weighted by Crippen LogP contribution is 2.17. The Labute approximate surface area is 123 Å². The lowest BCUT2D eigenvalue weighted by molar-refractivity contribution is -0.144. The lowest BCUT2D eigenvalue weighted by Crippen LogP contribution is -2.44. The molecule has 21 heavy (non-hydrogen) atoms. The van der Waals surface area contributed by atoms with Crippen molar-refractivity contribution >= 4 is 11.8 Å². The van der Waals surface area contributed by atoms with E-state index in [0.29, 0.717) is 31.3 Å². The van der Waals surface area contributed by atoms with Crippen molar-refractivity contribution in [2.45, 2.75) is 32.3 Å². The number of aromatic amines is 1. The van der Waals surface area contributed by atoms with Gasteiger partial charge in [0.1, 0.15) is 11.6 Å². The Hall–Kier alpha value is -1.89. The van der Waals surface area contributed by atoms with E-state index in [2.05, 4.69) is 14.7 Å². The van der Waals surface area contributed by atoms with E-state index in [4.69, 9.17) is 4.74 Å². The number of nitrogens with one attached hydrogen (secondary N) is 1. The molecule has 1 atom stereocenters. The number of carbonyl (C=O) groups is 1. The summed E-state index contributed by atoms with van der Waals surface area (Å²) in [6, 6.07) is 1.48. The third-order valence-electron chi connectivity index (χ3n) is 3.38. The zero-order valence-corrected chi connectivity index (χ0v) is 12.6. The Morgan fingerprint density at radius 3 is 3.05 bits per heavy atom. The summed E-state index contributed by atoms with van der Waals surface area (Å²) in [6.45, 7) is 5.60. The Balaban J connectivity index is 2.14. The minimum atomic E-state index is -0.302. The normalized spacial score (nSPS) is 18.9. The first-order valence-electron chi connectivity index (χ1n) is 7.04. The van der Waals surface area contributed by atoms with Crippen LogP contribution in [0.2, 0.25) is 0 Å². The molecule has 0 bridgehead atoms. The number of methoxy groups -OCH3 is 1. The van der Waals surface area contributed by atoms with Gasteiger partial charge in [0.05, 0.1) is 26.2 Å². The van der Waals surface area contributed by atoms with Crippen LogP contribution in [0.15, 0.2) is 10.9 Å². The highest BCUT2D eigenvalue weighted by atomic mass is 16.5. The third-order valence-corrected chi connectivity index (χ3v) is 3.38. The molecule has 1 unspecified atom stereocenters. The van der Waals surface area contributed by atoms with Gasteiger partial charge in [-0.15, -0.1) is 0 Å². The van der Waals surface area contributed by atoms with Gasteiger partial charge in [-0.05, 0) is 0 Å². The van der Waals surface area contributed by atoms with Crippen LogP contribution in [0.25, 0.3) is 0 Å². The fraction of sp³-hybridized carbons (Fsp3) is 0.643. The average molecular weight is 295 g/mol. The quantitative estimate of drug-likeness (QED) is 0.822. The Bertz CT molecular complexity index is 555. The topological polar surface area (TPSA) is 84.5 Å². The van der Waals surface area contributed by atoms with Gasteiger partial charge in [-0.25, -0.2) is 4.98 Å². The summed E-state index contributed by atoms with van der Waals surface area (Å²) in [4.78, 5) is 32.3. The number of morpholine rings is 1. The van der Waals surface area contributed by atoms with Crippen molar-refractivity contribution in [1.29, 1.82) is 0 Å². The van der Waals surface area contributed by atoms with Crippen LogP contribution in [0.4, 0.5) is 5.82 Å². The van der Waals surface area contributed by atoms with E-state index in [1.54, 1.807) is 0 Å². The number of nitrogens with zero attached hydrogens (tertiary/aromatic N) is 2. The molecule has 0 aromatic carbocycles. The standard InChI is InChI=1S/C14H21N3O4/c1-9(2)14-15-11(7-12(18)16-14)17-4-5-21-10(8-17)6-13(19)20-3/h7,9-10H,4-6,8H2,1-3H3,(H,15,16,18). The summed E-state index contributed by atoms with van der Waals surface area (Å²) in [5, 5.41) is 0. The molecule has 1 aromatic heterocycles. The van der Waals surface area contributed by atoms with Gasteiger partial charge in [-0.1, -0.05) is 13.8 Å². The van der Waals surface area contributed by atoms with Crippen LogP contribution >= 0.6 is 0 Å². The molecule has 0 saturated carbocycles. The van der Waals surface area contributed by atoms with E-state index in [1.165, 1.54) is 13.2 Å². The number of H-pyrrole nitrogens is 1. The first kappa shape index (κ1) is 15.5. The van der Waals surface area contributed by atoms with Crippen LogP contribution in [0, 0.1) is 0 Å². The summed E-state index contributed by atoms with van der Waals surface area (Å²) >= 11 is 0. The molecular weight excluding hydrogens is 274 g/mol. The van der Waals surface area contributed by atoms with Crippen molar-refractivity contribution in [3.05, 3.63) is 22.2 Å². The Kier molecular flexibility index (Phi) is 4.95. The van der Waals surface area contributed by atoms with Crippen LogP contribution in [0.1, 0.15) is 32.0 Å². The highest BCUT2D eigenvalue weighted by Gasteiger charge is 2.24. The second-order valence-corrected chi connectivity index (χ2v) is 5.36. The van der Waals surface area contributed by atoms with Crippen molar-refractivity contribution in [3.63, 3.8) is 0 Å². The second kappa shape index (κ2) is 6.71. The number of rotatable bonds is 4. The van der Waals surface area contributed by atoms with Crippen molar-refractivity contribution in [2.75, 3.05) is 31.7 Å². The Morgan fingerprint density at radius 1 is 1.62 bits per heavy atom. The molecule has 0 aliphatic carbocycles. The first-order valence-corrected chi connectivity index (χ1v) is 7.04. The maximum Gasteiger partial charge on any atom is 0.308 e. The molecule has 1 aliphatic rings. The van der Waals surface area contributed by atoms with E-state index >= 15 is 0 Å². The molecule has 0 amide bonds. The molecule has 1 saturated heterocycles. The zero-order chi connectivity index (χ0) is 15.4. The predicted molar refractivity (Wildman–Crippen MR) is 77.5 cm³/mol. The summed E-state index contributed by atoms with van der Waals surface area (Å²) in [6.07, 6.45) is -0.0393. The highest BCUT2D eigenvalue weighted by molar-refractivity contribution is 5.69. The van der Waals surface area contributed by atoms with Crippen LogP contribution in [-0.4, -0.2) is 48.8 Å². The van der Waals surface area contributed by atoms with Gasteiger partial charge in [0.25, 0.3) is 5.56 Å². The fourth-order valence-corrected chi connectivity index (χ4v) is 2.22. The molecule has 1 aromatic rings. The number of esters is 1. The van der Waals surface area contributed by atoms with Crippen molar-refractivity contribution in [2.24, 2.45) is 0 Å². The zero-order valence-electron chi connectivity index (χ0n) is 12.6. The molecule has 2 heterocycles. The van der Waals surface area contributed by atoms with Gasteiger partial charge >= 0.3 is 5.97 Å². The number of aromatic nitrogens is 2. The van der Waals surface area contributed by atoms with Crippen LogP contribution in [-0.2, 0) is 14.3 Å². The SMILES string of the molecule is COC(=O)CC1CN(c2cc(=O)[nH]c(C(C)C)n2)CCO1. The minimum absolute atomic E-state index is 0.143. The molecule has 116 valence electrons. The van der Waals surface area contributed by atoms with E-state index in [9.17, 15) is 9.59 Å².